The molecule has 0 saturated carbocycles. The summed E-state index contributed by atoms with van der Waals surface area (Å²) in [6.45, 7) is 0.748. The maximum Gasteiger partial charge on any atom is 0.328 e. The maximum atomic E-state index is 13.0. The topological polar surface area (TPSA) is 75.6 Å². The van der Waals surface area contributed by atoms with E-state index in [1.807, 2.05) is 37.5 Å². The Kier molecular flexibility index (Phi) is 6.61. The zero-order valence-corrected chi connectivity index (χ0v) is 16.5. The number of aromatic nitrogens is 1. The predicted molar refractivity (Wildman–Crippen MR) is 108 cm³/mol. The fraction of sp³-hybridized carbons (Fsp3) is 0.273. The van der Waals surface area contributed by atoms with Gasteiger partial charge in [-0.15, -0.1) is 0 Å². The molecule has 0 aliphatic rings. The average Bonchev–Trinajstić information content (AvgIpc) is 3.11. The van der Waals surface area contributed by atoms with E-state index in [4.69, 9.17) is 4.74 Å². The summed E-state index contributed by atoms with van der Waals surface area (Å²) in [6.07, 6.45) is 2.18. The van der Waals surface area contributed by atoms with Crippen molar-refractivity contribution in [2.45, 2.75) is 19.0 Å². The number of carbonyl (C=O) groups is 2. The standard InChI is InChI=1S/C22H24FN3O3/c1-26(13-15-7-9-17(23)10-8-15)14-21(27)25-20(22(28)29-2)11-16-12-24-19-6-4-3-5-18(16)19/h3-10,12,20,24H,11,13-14H2,1-2H3,(H,25,27)/p+1/t20-/m0/s1. The smallest absolute Gasteiger partial charge is 0.328 e. The van der Waals surface area contributed by atoms with Crippen LogP contribution in [0.4, 0.5) is 4.39 Å². The molecule has 6 nitrogen and oxygen atoms in total. The second kappa shape index (κ2) is 9.34. The Morgan fingerprint density at radius 3 is 2.62 bits per heavy atom. The molecular formula is C22H25FN3O3+. The molecule has 3 aromatic rings. The Morgan fingerprint density at radius 2 is 1.90 bits per heavy atom. The van der Waals surface area contributed by atoms with E-state index in [-0.39, 0.29) is 18.3 Å². The van der Waals surface area contributed by atoms with Crippen LogP contribution in [0.15, 0.2) is 54.7 Å². The quantitative estimate of drug-likeness (QED) is 0.500. The summed E-state index contributed by atoms with van der Waals surface area (Å²) in [4.78, 5) is 28.8. The lowest BCUT2D eigenvalue weighted by atomic mass is 10.0. The number of likely N-dealkylation sites (N-methyl/N-ethyl adjacent to an activating group) is 1. The molecule has 0 radical (unpaired) electrons. The number of carbonyl (C=O) groups excluding carboxylic acids is 2. The van der Waals surface area contributed by atoms with E-state index in [9.17, 15) is 14.0 Å². The largest absolute Gasteiger partial charge is 0.467 e. The highest BCUT2D eigenvalue weighted by molar-refractivity contribution is 5.87. The third kappa shape index (κ3) is 5.42. The first-order valence-corrected chi connectivity index (χ1v) is 9.44. The highest BCUT2D eigenvalue weighted by Crippen LogP contribution is 2.19. The summed E-state index contributed by atoms with van der Waals surface area (Å²) in [5, 5.41) is 3.80. The van der Waals surface area contributed by atoms with Gasteiger partial charge in [0.15, 0.2) is 6.54 Å². The summed E-state index contributed by atoms with van der Waals surface area (Å²) in [7, 11) is 3.18. The first-order valence-electron chi connectivity index (χ1n) is 9.44. The van der Waals surface area contributed by atoms with E-state index >= 15 is 0 Å². The molecule has 1 unspecified atom stereocenters. The number of aromatic amines is 1. The number of methoxy groups -OCH3 is 1. The molecule has 0 aliphatic heterocycles. The van der Waals surface area contributed by atoms with Crippen molar-refractivity contribution in [3.05, 3.63) is 71.7 Å². The molecule has 2 aromatic carbocycles. The van der Waals surface area contributed by atoms with Gasteiger partial charge in [0.1, 0.15) is 18.4 Å². The fourth-order valence-electron chi connectivity index (χ4n) is 3.39. The number of esters is 1. The molecule has 7 heteroatoms. The monoisotopic (exact) mass is 398 g/mol. The van der Waals surface area contributed by atoms with Crippen LogP contribution in [0, 0.1) is 5.82 Å². The first kappa shape index (κ1) is 20.5. The molecular weight excluding hydrogens is 373 g/mol. The zero-order chi connectivity index (χ0) is 20.8. The van der Waals surface area contributed by atoms with Gasteiger partial charge in [0, 0.05) is 29.1 Å². The van der Waals surface area contributed by atoms with E-state index in [0.717, 1.165) is 26.9 Å². The fourth-order valence-corrected chi connectivity index (χ4v) is 3.39. The number of fused-ring (bicyclic) bond motifs is 1. The molecule has 0 aliphatic carbocycles. The third-order valence-electron chi connectivity index (χ3n) is 4.80. The summed E-state index contributed by atoms with van der Waals surface area (Å²) >= 11 is 0. The molecule has 1 amide bonds. The third-order valence-corrected chi connectivity index (χ3v) is 4.80. The number of nitrogens with one attached hydrogen (secondary N) is 3. The minimum absolute atomic E-state index is 0.179. The van der Waals surface area contributed by atoms with Crippen LogP contribution in [0.25, 0.3) is 10.9 Å². The van der Waals surface area contributed by atoms with Crippen molar-refractivity contribution < 1.29 is 23.6 Å². The van der Waals surface area contributed by atoms with Gasteiger partial charge in [-0.1, -0.05) is 30.3 Å². The maximum absolute atomic E-state index is 13.0. The van der Waals surface area contributed by atoms with Crippen molar-refractivity contribution in [2.75, 3.05) is 20.7 Å². The molecule has 29 heavy (non-hydrogen) atoms. The number of quaternary nitrogens is 1. The van der Waals surface area contributed by atoms with Gasteiger partial charge in [0.25, 0.3) is 5.91 Å². The number of hydrogen-bond donors (Lipinski definition) is 3. The van der Waals surface area contributed by atoms with E-state index in [2.05, 4.69) is 10.3 Å². The van der Waals surface area contributed by atoms with Crippen LogP contribution in [-0.4, -0.2) is 43.6 Å². The lowest BCUT2D eigenvalue weighted by molar-refractivity contribution is -0.885. The van der Waals surface area contributed by atoms with Crippen molar-refractivity contribution in [1.82, 2.24) is 10.3 Å². The van der Waals surface area contributed by atoms with Gasteiger partial charge in [-0.25, -0.2) is 9.18 Å². The Bertz CT molecular complexity index is 984. The summed E-state index contributed by atoms with van der Waals surface area (Å²) < 4.78 is 17.9. The highest BCUT2D eigenvalue weighted by Gasteiger charge is 2.24. The molecule has 0 fully saturated rings. The molecule has 3 N–H and O–H groups in total. The van der Waals surface area contributed by atoms with Crippen molar-refractivity contribution in [2.24, 2.45) is 0 Å². The minimum Gasteiger partial charge on any atom is -0.467 e. The van der Waals surface area contributed by atoms with E-state index < -0.39 is 12.0 Å². The van der Waals surface area contributed by atoms with Gasteiger partial charge in [-0.3, -0.25) is 4.79 Å². The zero-order valence-electron chi connectivity index (χ0n) is 16.5. The van der Waals surface area contributed by atoms with Crippen LogP contribution in [0.2, 0.25) is 0 Å². The lowest BCUT2D eigenvalue weighted by Gasteiger charge is -2.18. The van der Waals surface area contributed by atoms with Crippen molar-refractivity contribution in [3.63, 3.8) is 0 Å². The highest BCUT2D eigenvalue weighted by atomic mass is 19.1. The number of para-hydroxylation sites is 1. The molecule has 0 saturated heterocycles. The first-order chi connectivity index (χ1) is 14.0. The van der Waals surface area contributed by atoms with E-state index in [1.54, 1.807) is 12.1 Å². The Balaban J connectivity index is 1.62. The summed E-state index contributed by atoms with van der Waals surface area (Å²) in [5.74, 6) is -1.03. The average molecular weight is 398 g/mol. The number of hydrogen-bond acceptors (Lipinski definition) is 3. The van der Waals surface area contributed by atoms with Gasteiger partial charge in [-0.2, -0.15) is 0 Å². The molecule has 0 bridgehead atoms. The number of H-pyrrole nitrogens is 1. The molecule has 1 aromatic heterocycles. The second-order valence-corrected chi connectivity index (χ2v) is 7.14. The van der Waals surface area contributed by atoms with Gasteiger partial charge in [0.2, 0.25) is 0 Å². The number of ether oxygens (including phenoxy) is 1. The van der Waals surface area contributed by atoms with Gasteiger partial charge >= 0.3 is 5.97 Å². The molecule has 1 heterocycles. The molecule has 0 spiro atoms. The molecule has 152 valence electrons. The predicted octanol–water partition coefficient (Wildman–Crippen LogP) is 1.22. The summed E-state index contributed by atoms with van der Waals surface area (Å²) in [6, 6.07) is 13.2. The molecule has 2 atom stereocenters. The number of rotatable bonds is 8. The van der Waals surface area contributed by atoms with Crippen LogP contribution in [0.5, 0.6) is 0 Å². The lowest BCUT2D eigenvalue weighted by Crippen LogP contribution is -3.09. The van der Waals surface area contributed by atoms with Gasteiger partial charge in [-0.05, 0) is 23.8 Å². The van der Waals surface area contributed by atoms with Crippen LogP contribution in [0.3, 0.4) is 0 Å². The van der Waals surface area contributed by atoms with E-state index in [1.165, 1.54) is 19.2 Å². The van der Waals surface area contributed by atoms with Crippen molar-refractivity contribution in [3.8, 4) is 0 Å². The number of amides is 1. The van der Waals surface area contributed by atoms with Gasteiger partial charge < -0.3 is 19.9 Å². The second-order valence-electron chi connectivity index (χ2n) is 7.14. The Morgan fingerprint density at radius 1 is 1.17 bits per heavy atom. The number of benzene rings is 2. The van der Waals surface area contributed by atoms with Crippen LogP contribution in [-0.2, 0) is 27.3 Å². The van der Waals surface area contributed by atoms with Gasteiger partial charge in [0.05, 0.1) is 14.2 Å². The van der Waals surface area contributed by atoms with Crippen LogP contribution in [0.1, 0.15) is 11.1 Å². The molecule has 3 rings (SSSR count). The Labute approximate surface area is 168 Å². The summed E-state index contributed by atoms with van der Waals surface area (Å²) in [5.41, 5.74) is 2.84. The number of halogens is 1. The van der Waals surface area contributed by atoms with Crippen molar-refractivity contribution in [1.29, 1.82) is 0 Å². The van der Waals surface area contributed by atoms with Crippen LogP contribution >= 0.6 is 0 Å². The normalized spacial score (nSPS) is 13.1. The SMILES string of the molecule is COC(=O)[C@H](Cc1c[nH]c2ccccc12)NC(=O)C[NH+](C)Cc1ccc(F)cc1. The van der Waals surface area contributed by atoms with E-state index in [0.29, 0.717) is 13.0 Å². The van der Waals surface area contributed by atoms with Crippen molar-refractivity contribution >= 4 is 22.8 Å². The minimum atomic E-state index is -0.773. The van der Waals surface area contributed by atoms with Crippen LogP contribution < -0.4 is 10.2 Å². The Hall–Kier alpha value is -3.19.